The highest BCUT2D eigenvalue weighted by atomic mass is 16.3. The summed E-state index contributed by atoms with van der Waals surface area (Å²) in [7, 11) is 4.04. The van der Waals surface area contributed by atoms with Gasteiger partial charge in [-0.05, 0) is 75.4 Å². The van der Waals surface area contributed by atoms with Crippen LogP contribution in [0.25, 0.3) is 0 Å². The first kappa shape index (κ1) is 20.3. The van der Waals surface area contributed by atoms with Crippen LogP contribution in [0.4, 0.5) is 0 Å². The molecule has 1 saturated carbocycles. The number of phenols is 1. The average Bonchev–Trinajstić information content (AvgIpc) is 3.50. The van der Waals surface area contributed by atoms with Crippen LogP contribution in [0.3, 0.4) is 0 Å². The molecule has 0 saturated heterocycles. The van der Waals surface area contributed by atoms with Crippen molar-refractivity contribution in [2.75, 3.05) is 20.6 Å². The molecule has 1 aliphatic carbocycles. The molecule has 0 aliphatic heterocycles. The van der Waals surface area contributed by atoms with Crippen LogP contribution in [0.1, 0.15) is 42.1 Å². The first-order valence-electron chi connectivity index (χ1n) is 9.92. The fourth-order valence-electron chi connectivity index (χ4n) is 3.49. The summed E-state index contributed by atoms with van der Waals surface area (Å²) < 4.78 is 0. The molecule has 1 fully saturated rings. The lowest BCUT2D eigenvalue weighted by molar-refractivity contribution is -0.121. The summed E-state index contributed by atoms with van der Waals surface area (Å²) in [4.78, 5) is 23.4. The van der Waals surface area contributed by atoms with E-state index in [2.05, 4.69) is 20.2 Å². The predicted octanol–water partition coefficient (Wildman–Crippen LogP) is 2.66. The lowest BCUT2D eigenvalue weighted by Crippen LogP contribution is -2.42. The zero-order chi connectivity index (χ0) is 20.1. The highest BCUT2D eigenvalue weighted by Crippen LogP contribution is 2.44. The molecule has 6 nitrogen and oxygen atoms in total. The third-order valence-corrected chi connectivity index (χ3v) is 5.50. The van der Waals surface area contributed by atoms with Crippen molar-refractivity contribution in [2.45, 2.75) is 44.6 Å². The number of aromatic nitrogens is 2. The Hall–Kier alpha value is -2.47. The predicted molar refractivity (Wildman–Crippen MR) is 109 cm³/mol. The molecule has 1 aromatic heterocycles. The summed E-state index contributed by atoms with van der Waals surface area (Å²) in [5.74, 6) is 1.87. The van der Waals surface area contributed by atoms with Crippen LogP contribution in [-0.2, 0) is 11.2 Å². The highest BCUT2D eigenvalue weighted by Gasteiger charge is 2.34. The number of nitrogens with one attached hydrogen (secondary N) is 1. The largest absolute Gasteiger partial charge is 0.508 e. The smallest absolute Gasteiger partial charge is 0.220 e. The number of nitrogens with zero attached hydrogens (tertiary/aromatic N) is 3. The van der Waals surface area contributed by atoms with E-state index in [1.165, 1.54) is 12.8 Å². The second-order valence-corrected chi connectivity index (χ2v) is 8.00. The topological polar surface area (TPSA) is 78.3 Å². The van der Waals surface area contributed by atoms with E-state index in [0.29, 0.717) is 18.9 Å². The Morgan fingerprint density at radius 3 is 2.43 bits per heavy atom. The number of amides is 1. The third kappa shape index (κ3) is 5.76. The summed E-state index contributed by atoms with van der Waals surface area (Å²) in [6.07, 6.45) is 7.37. The quantitative estimate of drug-likeness (QED) is 0.697. The van der Waals surface area contributed by atoms with Gasteiger partial charge in [0.05, 0.1) is 0 Å². The molecule has 0 unspecified atom stereocenters. The standard InChI is InChI=1S/C22H30N4O2/c1-15-23-12-18(13-24-15)21(17-6-7-17)11-22(28)25-14-19(26(2)3)10-16-4-8-20(27)9-5-16/h4-5,8-9,12-13,17,19,21,27H,6-7,10-11,14H2,1-3H3,(H,25,28)/t19-,21+/m0/s1. The van der Waals surface area contributed by atoms with Gasteiger partial charge >= 0.3 is 0 Å². The third-order valence-electron chi connectivity index (χ3n) is 5.50. The summed E-state index contributed by atoms with van der Waals surface area (Å²) in [5.41, 5.74) is 2.20. The van der Waals surface area contributed by atoms with E-state index >= 15 is 0 Å². The number of hydrogen-bond acceptors (Lipinski definition) is 5. The Morgan fingerprint density at radius 2 is 1.86 bits per heavy atom. The van der Waals surface area contributed by atoms with Crippen LogP contribution >= 0.6 is 0 Å². The zero-order valence-electron chi connectivity index (χ0n) is 16.9. The van der Waals surface area contributed by atoms with E-state index < -0.39 is 0 Å². The SMILES string of the molecule is Cc1ncc([C@H](CC(=O)NC[C@H](Cc2ccc(O)cc2)N(C)C)C2CC2)cn1. The Balaban J connectivity index is 1.56. The van der Waals surface area contributed by atoms with Gasteiger partial charge < -0.3 is 15.3 Å². The fourth-order valence-corrected chi connectivity index (χ4v) is 3.49. The summed E-state index contributed by atoms with van der Waals surface area (Å²) in [5, 5.41) is 12.6. The molecule has 0 spiro atoms. The molecule has 2 aromatic rings. The minimum absolute atomic E-state index is 0.0787. The first-order valence-corrected chi connectivity index (χ1v) is 9.92. The molecule has 1 amide bonds. The maximum absolute atomic E-state index is 12.6. The number of phenolic OH excluding ortho intramolecular Hbond substituents is 1. The Kier molecular flexibility index (Phi) is 6.62. The molecule has 2 N–H and O–H groups in total. The monoisotopic (exact) mass is 382 g/mol. The normalized spacial score (nSPS) is 16.0. The van der Waals surface area contributed by atoms with Gasteiger partial charge in [-0.1, -0.05) is 12.1 Å². The van der Waals surface area contributed by atoms with E-state index in [4.69, 9.17) is 0 Å². The summed E-state index contributed by atoms with van der Waals surface area (Å²) >= 11 is 0. The molecule has 1 aromatic carbocycles. The van der Waals surface area contributed by atoms with E-state index in [0.717, 1.165) is 23.4 Å². The van der Waals surface area contributed by atoms with Crippen molar-refractivity contribution in [3.05, 3.63) is 53.6 Å². The first-order chi connectivity index (χ1) is 13.4. The van der Waals surface area contributed by atoms with Crippen LogP contribution in [0.5, 0.6) is 5.75 Å². The maximum Gasteiger partial charge on any atom is 0.220 e. The van der Waals surface area contributed by atoms with Gasteiger partial charge in [-0.15, -0.1) is 0 Å². The number of rotatable bonds is 9. The lowest BCUT2D eigenvalue weighted by Gasteiger charge is -2.25. The van der Waals surface area contributed by atoms with Gasteiger partial charge in [0.2, 0.25) is 5.91 Å². The van der Waals surface area contributed by atoms with Gasteiger partial charge in [0.25, 0.3) is 0 Å². The minimum Gasteiger partial charge on any atom is -0.508 e. The minimum atomic E-state index is 0.0787. The van der Waals surface area contributed by atoms with Gasteiger partial charge in [-0.3, -0.25) is 4.79 Å². The average molecular weight is 383 g/mol. The number of aryl methyl sites for hydroxylation is 1. The molecular formula is C22H30N4O2. The van der Waals surface area contributed by atoms with Crippen LogP contribution in [0.2, 0.25) is 0 Å². The van der Waals surface area contributed by atoms with Crippen LogP contribution < -0.4 is 5.32 Å². The Morgan fingerprint density at radius 1 is 1.21 bits per heavy atom. The number of benzene rings is 1. The zero-order valence-corrected chi connectivity index (χ0v) is 16.9. The van der Waals surface area contributed by atoms with Gasteiger partial charge in [-0.2, -0.15) is 0 Å². The van der Waals surface area contributed by atoms with Gasteiger partial charge in [0, 0.05) is 31.4 Å². The van der Waals surface area contributed by atoms with E-state index in [9.17, 15) is 9.90 Å². The Labute approximate surface area is 167 Å². The highest BCUT2D eigenvalue weighted by molar-refractivity contribution is 5.77. The van der Waals surface area contributed by atoms with Crippen LogP contribution in [0.15, 0.2) is 36.7 Å². The van der Waals surface area contributed by atoms with Crippen molar-refractivity contribution in [1.29, 1.82) is 0 Å². The number of aromatic hydroxyl groups is 1. The molecule has 0 bridgehead atoms. The number of likely N-dealkylation sites (N-methyl/N-ethyl adjacent to an activating group) is 1. The maximum atomic E-state index is 12.6. The molecular weight excluding hydrogens is 352 g/mol. The fraction of sp³-hybridized carbons (Fsp3) is 0.500. The van der Waals surface area contributed by atoms with Crippen molar-refractivity contribution < 1.29 is 9.90 Å². The molecule has 3 rings (SSSR count). The summed E-state index contributed by atoms with van der Waals surface area (Å²) in [6, 6.07) is 7.44. The van der Waals surface area contributed by atoms with Crippen molar-refractivity contribution in [1.82, 2.24) is 20.2 Å². The molecule has 28 heavy (non-hydrogen) atoms. The number of hydrogen-bond donors (Lipinski definition) is 2. The van der Waals surface area contributed by atoms with Crippen LogP contribution in [-0.4, -0.2) is 52.6 Å². The van der Waals surface area contributed by atoms with Gasteiger partial charge in [-0.25, -0.2) is 9.97 Å². The van der Waals surface area contributed by atoms with Crippen molar-refractivity contribution in [2.24, 2.45) is 5.92 Å². The molecule has 1 heterocycles. The van der Waals surface area contributed by atoms with Crippen LogP contribution in [0, 0.1) is 12.8 Å². The van der Waals surface area contributed by atoms with Crippen molar-refractivity contribution >= 4 is 5.91 Å². The lowest BCUT2D eigenvalue weighted by atomic mass is 9.92. The molecule has 1 aliphatic rings. The van der Waals surface area contributed by atoms with E-state index in [-0.39, 0.29) is 23.6 Å². The molecule has 150 valence electrons. The van der Waals surface area contributed by atoms with E-state index in [1.807, 2.05) is 45.5 Å². The number of carbonyl (C=O) groups is 1. The van der Waals surface area contributed by atoms with Crippen molar-refractivity contribution in [3.63, 3.8) is 0 Å². The Bertz CT molecular complexity index is 770. The summed E-state index contributed by atoms with van der Waals surface area (Å²) in [6.45, 7) is 2.46. The number of carbonyl (C=O) groups excluding carboxylic acids is 1. The van der Waals surface area contributed by atoms with Gasteiger partial charge in [0.15, 0.2) is 0 Å². The molecule has 2 atom stereocenters. The molecule has 0 radical (unpaired) electrons. The van der Waals surface area contributed by atoms with Crippen molar-refractivity contribution in [3.8, 4) is 5.75 Å². The second kappa shape index (κ2) is 9.15. The second-order valence-electron chi connectivity index (χ2n) is 8.00. The van der Waals surface area contributed by atoms with E-state index in [1.54, 1.807) is 12.1 Å². The molecule has 6 heteroatoms. The van der Waals surface area contributed by atoms with Gasteiger partial charge in [0.1, 0.15) is 11.6 Å².